The lowest BCUT2D eigenvalue weighted by Gasteiger charge is -2.11. The van der Waals surface area contributed by atoms with E-state index in [4.69, 9.17) is 17.0 Å². The molecule has 2 aromatic rings. The molecule has 6 nitrogen and oxygen atoms in total. The fourth-order valence-corrected chi connectivity index (χ4v) is 4.56. The first-order valence-corrected chi connectivity index (χ1v) is 8.96. The highest BCUT2D eigenvalue weighted by atomic mass is 32.1. The summed E-state index contributed by atoms with van der Waals surface area (Å²) in [6, 6.07) is 0. The van der Waals surface area contributed by atoms with Gasteiger partial charge >= 0.3 is 5.97 Å². The first kappa shape index (κ1) is 16.9. The number of nitrogens with zero attached hydrogens (tertiary/aromatic N) is 2. The van der Waals surface area contributed by atoms with Crippen LogP contribution in [0.1, 0.15) is 38.6 Å². The van der Waals surface area contributed by atoms with Gasteiger partial charge in [0.2, 0.25) is 0 Å². The standard InChI is InChI=1S/C16H20N4O2S2/c1-8-13(9(2)20(3)19-8)17-16(23)18-14-12(15(21)22-4)10-6-5-7-11(10)24-14/h5-7H2,1-4H3,(H2,17,18,23). The summed E-state index contributed by atoms with van der Waals surface area (Å²) in [5.41, 5.74) is 4.49. The molecule has 0 saturated heterocycles. The lowest BCUT2D eigenvalue weighted by molar-refractivity contribution is 0.0601. The molecule has 0 bridgehead atoms. The van der Waals surface area contributed by atoms with Crippen molar-refractivity contribution in [3.8, 4) is 0 Å². The normalized spacial score (nSPS) is 12.8. The molecule has 0 radical (unpaired) electrons. The van der Waals surface area contributed by atoms with Crippen molar-refractivity contribution in [2.45, 2.75) is 33.1 Å². The van der Waals surface area contributed by atoms with E-state index >= 15 is 0 Å². The topological polar surface area (TPSA) is 68.2 Å². The van der Waals surface area contributed by atoms with Crippen LogP contribution in [0.5, 0.6) is 0 Å². The van der Waals surface area contributed by atoms with E-state index in [1.54, 1.807) is 16.0 Å². The van der Waals surface area contributed by atoms with Gasteiger partial charge in [0.1, 0.15) is 5.00 Å². The molecule has 0 aromatic carbocycles. The van der Waals surface area contributed by atoms with Gasteiger partial charge in [-0.15, -0.1) is 11.3 Å². The van der Waals surface area contributed by atoms with Crippen molar-refractivity contribution in [2.24, 2.45) is 7.05 Å². The van der Waals surface area contributed by atoms with Crippen molar-refractivity contribution in [2.75, 3.05) is 17.7 Å². The van der Waals surface area contributed by atoms with Gasteiger partial charge in [-0.1, -0.05) is 0 Å². The number of methoxy groups -OCH3 is 1. The van der Waals surface area contributed by atoms with Crippen LogP contribution >= 0.6 is 23.6 Å². The molecule has 128 valence electrons. The summed E-state index contributed by atoms with van der Waals surface area (Å²) in [7, 11) is 3.30. The maximum Gasteiger partial charge on any atom is 0.341 e. The summed E-state index contributed by atoms with van der Waals surface area (Å²) < 4.78 is 6.76. The molecule has 24 heavy (non-hydrogen) atoms. The van der Waals surface area contributed by atoms with Gasteiger partial charge in [-0.25, -0.2) is 4.79 Å². The second-order valence-corrected chi connectivity index (χ2v) is 7.32. The first-order chi connectivity index (χ1) is 11.4. The maximum atomic E-state index is 12.2. The molecule has 0 aliphatic heterocycles. The second kappa shape index (κ2) is 6.52. The molecule has 8 heteroatoms. The average Bonchev–Trinajstić information content (AvgIpc) is 3.17. The van der Waals surface area contributed by atoms with Crippen LogP contribution in [0.25, 0.3) is 0 Å². The molecule has 0 atom stereocenters. The predicted octanol–water partition coefficient (Wildman–Crippen LogP) is 3.18. The molecule has 0 fully saturated rings. The molecule has 0 amide bonds. The van der Waals surface area contributed by atoms with Crippen molar-refractivity contribution < 1.29 is 9.53 Å². The molecular weight excluding hydrogens is 344 g/mol. The third-order valence-electron chi connectivity index (χ3n) is 4.29. The molecule has 0 saturated carbocycles. The van der Waals surface area contributed by atoms with Crippen LogP contribution < -0.4 is 10.6 Å². The Labute approximate surface area is 150 Å². The summed E-state index contributed by atoms with van der Waals surface area (Å²) >= 11 is 7.02. The van der Waals surface area contributed by atoms with Crippen LogP contribution in [-0.2, 0) is 24.6 Å². The van der Waals surface area contributed by atoms with Crippen molar-refractivity contribution in [1.29, 1.82) is 0 Å². The number of rotatable bonds is 3. The molecule has 1 aliphatic carbocycles. The third kappa shape index (κ3) is 2.91. The molecule has 2 aromatic heterocycles. The molecular formula is C16H20N4O2S2. The van der Waals surface area contributed by atoms with E-state index < -0.39 is 0 Å². The number of nitrogens with one attached hydrogen (secondary N) is 2. The van der Waals surface area contributed by atoms with Gasteiger partial charge in [-0.3, -0.25) is 4.68 Å². The maximum absolute atomic E-state index is 12.2. The number of carbonyl (C=O) groups is 1. The Morgan fingerprint density at radius 2 is 2.08 bits per heavy atom. The first-order valence-electron chi connectivity index (χ1n) is 7.73. The minimum atomic E-state index is -0.312. The highest BCUT2D eigenvalue weighted by Crippen LogP contribution is 2.39. The van der Waals surface area contributed by atoms with Crippen LogP contribution in [0.15, 0.2) is 0 Å². The smallest absolute Gasteiger partial charge is 0.341 e. The zero-order valence-electron chi connectivity index (χ0n) is 14.1. The molecule has 0 unspecified atom stereocenters. The fourth-order valence-electron chi connectivity index (χ4n) is 3.01. The van der Waals surface area contributed by atoms with Gasteiger partial charge in [-0.05, 0) is 50.9 Å². The van der Waals surface area contributed by atoms with Crippen molar-refractivity contribution in [1.82, 2.24) is 9.78 Å². The summed E-state index contributed by atoms with van der Waals surface area (Å²) in [6.45, 7) is 3.90. The number of thiophene rings is 1. The number of esters is 1. The number of aromatic nitrogens is 2. The Morgan fingerprint density at radius 3 is 2.71 bits per heavy atom. The van der Waals surface area contributed by atoms with E-state index in [1.165, 1.54) is 12.0 Å². The average molecular weight is 364 g/mol. The van der Waals surface area contributed by atoms with Crippen LogP contribution in [0.4, 0.5) is 10.7 Å². The van der Waals surface area contributed by atoms with Crippen LogP contribution in [0.3, 0.4) is 0 Å². The quantitative estimate of drug-likeness (QED) is 0.644. The van der Waals surface area contributed by atoms with E-state index in [0.29, 0.717) is 10.7 Å². The zero-order chi connectivity index (χ0) is 17.4. The van der Waals surface area contributed by atoms with Crippen LogP contribution in [-0.4, -0.2) is 28.0 Å². The Hall–Kier alpha value is -1.93. The Morgan fingerprint density at radius 1 is 1.33 bits per heavy atom. The van der Waals surface area contributed by atoms with E-state index in [2.05, 4.69) is 15.7 Å². The van der Waals surface area contributed by atoms with Crippen molar-refractivity contribution in [3.63, 3.8) is 0 Å². The minimum Gasteiger partial charge on any atom is -0.465 e. The molecule has 2 heterocycles. The van der Waals surface area contributed by atoms with Gasteiger partial charge in [0.25, 0.3) is 0 Å². The Bertz CT molecular complexity index is 823. The molecule has 3 rings (SSSR count). The number of anilines is 2. The number of hydrogen-bond donors (Lipinski definition) is 2. The highest BCUT2D eigenvalue weighted by molar-refractivity contribution is 7.80. The van der Waals surface area contributed by atoms with Gasteiger partial charge in [0.15, 0.2) is 5.11 Å². The minimum absolute atomic E-state index is 0.312. The van der Waals surface area contributed by atoms with Crippen LogP contribution in [0, 0.1) is 13.8 Å². The van der Waals surface area contributed by atoms with Gasteiger partial charge in [0, 0.05) is 11.9 Å². The van der Waals surface area contributed by atoms with E-state index in [0.717, 1.165) is 46.9 Å². The Kier molecular flexibility index (Phi) is 4.60. The van der Waals surface area contributed by atoms with Gasteiger partial charge in [-0.2, -0.15) is 5.10 Å². The van der Waals surface area contributed by atoms with Crippen molar-refractivity contribution >= 4 is 45.3 Å². The van der Waals surface area contributed by atoms with Gasteiger partial charge < -0.3 is 15.4 Å². The summed E-state index contributed by atoms with van der Waals surface area (Å²) in [4.78, 5) is 13.4. The van der Waals surface area contributed by atoms with Crippen molar-refractivity contribution in [3.05, 3.63) is 27.4 Å². The monoisotopic (exact) mass is 364 g/mol. The lowest BCUT2D eigenvalue weighted by Crippen LogP contribution is -2.21. The summed E-state index contributed by atoms with van der Waals surface area (Å²) in [5.74, 6) is -0.312. The summed E-state index contributed by atoms with van der Waals surface area (Å²) in [6.07, 6.45) is 3.01. The van der Waals surface area contributed by atoms with Crippen LogP contribution in [0.2, 0.25) is 0 Å². The number of carbonyl (C=O) groups excluding carboxylic acids is 1. The predicted molar refractivity (Wildman–Crippen MR) is 100 cm³/mol. The third-order valence-corrected chi connectivity index (χ3v) is 5.70. The molecule has 1 aliphatic rings. The van der Waals surface area contributed by atoms with E-state index in [-0.39, 0.29) is 5.97 Å². The summed E-state index contributed by atoms with van der Waals surface area (Å²) in [5, 5.41) is 11.9. The largest absolute Gasteiger partial charge is 0.465 e. The van der Waals surface area contributed by atoms with Gasteiger partial charge in [0.05, 0.1) is 29.7 Å². The SMILES string of the molecule is COC(=O)c1c(NC(=S)Nc2c(C)nn(C)c2C)sc2c1CCC2. The van der Waals surface area contributed by atoms with E-state index in [9.17, 15) is 4.79 Å². The Balaban J connectivity index is 1.83. The molecule has 2 N–H and O–H groups in total. The number of ether oxygens (including phenoxy) is 1. The second-order valence-electron chi connectivity index (χ2n) is 5.80. The lowest BCUT2D eigenvalue weighted by atomic mass is 10.1. The molecule has 0 spiro atoms. The highest BCUT2D eigenvalue weighted by Gasteiger charge is 2.27. The van der Waals surface area contributed by atoms with E-state index in [1.807, 2.05) is 20.9 Å². The number of hydrogen-bond acceptors (Lipinski definition) is 5. The zero-order valence-corrected chi connectivity index (χ0v) is 15.8. The number of aryl methyl sites for hydroxylation is 3. The fraction of sp³-hybridized carbons (Fsp3) is 0.438. The number of thiocarbonyl (C=S) groups is 1. The number of fused-ring (bicyclic) bond motifs is 1.